The molecule has 19 heavy (non-hydrogen) atoms. The van der Waals surface area contributed by atoms with Crippen LogP contribution in [0.25, 0.3) is 11.0 Å². The van der Waals surface area contributed by atoms with Gasteiger partial charge in [-0.15, -0.1) is 0 Å². The van der Waals surface area contributed by atoms with Crippen LogP contribution in [0.5, 0.6) is 0 Å². The molecule has 0 saturated heterocycles. The normalized spacial score (nSPS) is 12.5. The second-order valence-electron chi connectivity index (χ2n) is 4.64. The molecule has 1 unspecified atom stereocenters. The predicted molar refractivity (Wildman–Crippen MR) is 75.6 cm³/mol. The largest absolute Gasteiger partial charge is 0.355 e. The number of carbonyl (C=O) groups is 1. The number of nitrogens with one attached hydrogen (secondary N) is 2. The zero-order chi connectivity index (χ0) is 13.7. The molecule has 0 spiro atoms. The minimum Gasteiger partial charge on any atom is -0.355 e. The third-order valence-electron chi connectivity index (χ3n) is 3.35. The standard InChI is InChI=1S/C14H20N4O/c1-2-11(8-15)14(19)16-6-5-10-3-4-12-13(7-10)18-9-17-12/h3-4,7,9,11H,2,5-6,8,15H2,1H3,(H,16,19)(H,17,18). The van der Waals surface area contributed by atoms with Gasteiger partial charge in [0.1, 0.15) is 0 Å². The number of fused-ring (bicyclic) bond motifs is 1. The second kappa shape index (κ2) is 6.33. The van der Waals surface area contributed by atoms with Crippen molar-refractivity contribution in [2.24, 2.45) is 11.7 Å². The van der Waals surface area contributed by atoms with Crippen LogP contribution in [0, 0.1) is 5.92 Å². The van der Waals surface area contributed by atoms with Crippen LogP contribution in [-0.4, -0.2) is 29.0 Å². The minimum absolute atomic E-state index is 0.0487. The highest BCUT2D eigenvalue weighted by Crippen LogP contribution is 2.11. The molecule has 4 N–H and O–H groups in total. The van der Waals surface area contributed by atoms with Crippen molar-refractivity contribution in [3.8, 4) is 0 Å². The third kappa shape index (κ3) is 3.32. The van der Waals surface area contributed by atoms with Crippen molar-refractivity contribution in [2.75, 3.05) is 13.1 Å². The van der Waals surface area contributed by atoms with Gasteiger partial charge in [0.15, 0.2) is 0 Å². The number of benzene rings is 1. The molecule has 2 aromatic rings. The molecule has 0 fully saturated rings. The van der Waals surface area contributed by atoms with Gasteiger partial charge in [-0.05, 0) is 30.5 Å². The van der Waals surface area contributed by atoms with Gasteiger partial charge in [0.2, 0.25) is 5.91 Å². The lowest BCUT2D eigenvalue weighted by Gasteiger charge is -2.12. The van der Waals surface area contributed by atoms with Gasteiger partial charge in [-0.1, -0.05) is 13.0 Å². The summed E-state index contributed by atoms with van der Waals surface area (Å²) in [7, 11) is 0. The van der Waals surface area contributed by atoms with E-state index in [-0.39, 0.29) is 11.8 Å². The van der Waals surface area contributed by atoms with E-state index in [0.717, 1.165) is 23.9 Å². The van der Waals surface area contributed by atoms with Gasteiger partial charge in [-0.3, -0.25) is 4.79 Å². The quantitative estimate of drug-likeness (QED) is 0.730. The lowest BCUT2D eigenvalue weighted by atomic mass is 10.1. The Morgan fingerprint density at radius 2 is 2.37 bits per heavy atom. The van der Waals surface area contributed by atoms with Gasteiger partial charge in [-0.2, -0.15) is 0 Å². The lowest BCUT2D eigenvalue weighted by Crippen LogP contribution is -2.35. The van der Waals surface area contributed by atoms with Gasteiger partial charge in [-0.25, -0.2) is 4.98 Å². The summed E-state index contributed by atoms with van der Waals surface area (Å²) >= 11 is 0. The second-order valence-corrected chi connectivity index (χ2v) is 4.64. The molecule has 0 aliphatic heterocycles. The first-order valence-electron chi connectivity index (χ1n) is 6.64. The van der Waals surface area contributed by atoms with Crippen molar-refractivity contribution in [1.82, 2.24) is 15.3 Å². The summed E-state index contributed by atoms with van der Waals surface area (Å²) in [5.74, 6) is -0.0253. The highest BCUT2D eigenvalue weighted by Gasteiger charge is 2.13. The van der Waals surface area contributed by atoms with E-state index in [1.807, 2.05) is 19.1 Å². The molecule has 0 aliphatic carbocycles. The zero-order valence-corrected chi connectivity index (χ0v) is 11.1. The van der Waals surface area contributed by atoms with E-state index in [9.17, 15) is 4.79 Å². The van der Waals surface area contributed by atoms with Crippen molar-refractivity contribution in [3.05, 3.63) is 30.1 Å². The van der Waals surface area contributed by atoms with Crippen LogP contribution >= 0.6 is 0 Å². The number of rotatable bonds is 6. The summed E-state index contributed by atoms with van der Waals surface area (Å²) in [6.07, 6.45) is 3.27. The maximum atomic E-state index is 11.8. The van der Waals surface area contributed by atoms with Crippen molar-refractivity contribution in [1.29, 1.82) is 0 Å². The van der Waals surface area contributed by atoms with Crippen molar-refractivity contribution >= 4 is 16.9 Å². The summed E-state index contributed by atoms with van der Waals surface area (Å²) in [5, 5.41) is 2.93. The van der Waals surface area contributed by atoms with Crippen molar-refractivity contribution in [2.45, 2.75) is 19.8 Å². The maximum absolute atomic E-state index is 11.8. The number of hydrogen-bond donors (Lipinski definition) is 3. The zero-order valence-electron chi connectivity index (χ0n) is 11.1. The number of carbonyl (C=O) groups excluding carboxylic acids is 1. The molecule has 1 amide bonds. The van der Waals surface area contributed by atoms with E-state index in [1.54, 1.807) is 6.33 Å². The fourth-order valence-corrected chi connectivity index (χ4v) is 2.07. The van der Waals surface area contributed by atoms with Gasteiger partial charge in [0.05, 0.1) is 17.4 Å². The summed E-state index contributed by atoms with van der Waals surface area (Å²) in [5.41, 5.74) is 8.71. The Hall–Kier alpha value is -1.88. The molecule has 1 aromatic heterocycles. The molecule has 5 nitrogen and oxygen atoms in total. The Morgan fingerprint density at radius 1 is 1.53 bits per heavy atom. The van der Waals surface area contributed by atoms with Crippen LogP contribution in [0.1, 0.15) is 18.9 Å². The first-order chi connectivity index (χ1) is 9.24. The first-order valence-corrected chi connectivity index (χ1v) is 6.64. The number of hydrogen-bond acceptors (Lipinski definition) is 3. The Labute approximate surface area is 112 Å². The molecule has 0 saturated carbocycles. The lowest BCUT2D eigenvalue weighted by molar-refractivity contribution is -0.124. The Balaban J connectivity index is 1.86. The summed E-state index contributed by atoms with van der Waals surface area (Å²) in [6, 6.07) is 6.09. The van der Waals surface area contributed by atoms with E-state index in [0.29, 0.717) is 13.1 Å². The Bertz CT molecular complexity index is 545. The molecule has 5 heteroatoms. The van der Waals surface area contributed by atoms with Gasteiger partial charge in [0, 0.05) is 19.0 Å². The molecular formula is C14H20N4O. The van der Waals surface area contributed by atoms with E-state index < -0.39 is 0 Å². The highest BCUT2D eigenvalue weighted by molar-refractivity contribution is 5.79. The average molecular weight is 260 g/mol. The highest BCUT2D eigenvalue weighted by atomic mass is 16.1. The SMILES string of the molecule is CCC(CN)C(=O)NCCc1ccc2nc[nH]c2c1. The van der Waals surface area contributed by atoms with Crippen molar-refractivity contribution in [3.63, 3.8) is 0 Å². The van der Waals surface area contributed by atoms with Crippen LogP contribution in [0.3, 0.4) is 0 Å². The molecule has 1 aromatic carbocycles. The monoisotopic (exact) mass is 260 g/mol. The summed E-state index contributed by atoms with van der Waals surface area (Å²) in [4.78, 5) is 19.0. The number of H-pyrrole nitrogens is 1. The molecular weight excluding hydrogens is 240 g/mol. The van der Waals surface area contributed by atoms with E-state index >= 15 is 0 Å². The summed E-state index contributed by atoms with van der Waals surface area (Å²) < 4.78 is 0. The van der Waals surface area contributed by atoms with Crippen LogP contribution in [0.4, 0.5) is 0 Å². The van der Waals surface area contributed by atoms with Gasteiger partial charge in [0.25, 0.3) is 0 Å². The Morgan fingerprint density at radius 3 is 3.11 bits per heavy atom. The number of imidazole rings is 1. The van der Waals surface area contributed by atoms with Crippen LogP contribution in [0.2, 0.25) is 0 Å². The first kappa shape index (κ1) is 13.5. The molecule has 102 valence electrons. The fraction of sp³-hybridized carbons (Fsp3) is 0.429. The molecule has 0 radical (unpaired) electrons. The number of aromatic amines is 1. The maximum Gasteiger partial charge on any atom is 0.224 e. The molecule has 1 atom stereocenters. The molecule has 2 rings (SSSR count). The van der Waals surface area contributed by atoms with Crippen molar-refractivity contribution < 1.29 is 4.79 Å². The van der Waals surface area contributed by atoms with Crippen LogP contribution < -0.4 is 11.1 Å². The Kier molecular flexibility index (Phi) is 4.52. The molecule has 0 bridgehead atoms. The van der Waals surface area contributed by atoms with Crippen LogP contribution in [-0.2, 0) is 11.2 Å². The number of nitrogens with zero attached hydrogens (tertiary/aromatic N) is 1. The van der Waals surface area contributed by atoms with Gasteiger partial charge < -0.3 is 16.0 Å². The molecule has 1 heterocycles. The van der Waals surface area contributed by atoms with Gasteiger partial charge >= 0.3 is 0 Å². The predicted octanol–water partition coefficient (Wildman–Crippen LogP) is 1.21. The number of aromatic nitrogens is 2. The number of nitrogens with two attached hydrogens (primary N) is 1. The van der Waals surface area contributed by atoms with E-state index in [1.165, 1.54) is 5.56 Å². The smallest absolute Gasteiger partial charge is 0.224 e. The molecule has 0 aliphatic rings. The van der Waals surface area contributed by atoms with E-state index in [4.69, 9.17) is 5.73 Å². The number of amides is 1. The minimum atomic E-state index is -0.0740. The summed E-state index contributed by atoms with van der Waals surface area (Å²) in [6.45, 7) is 3.01. The fourth-order valence-electron chi connectivity index (χ4n) is 2.07. The van der Waals surface area contributed by atoms with Crippen LogP contribution in [0.15, 0.2) is 24.5 Å². The van der Waals surface area contributed by atoms with E-state index in [2.05, 4.69) is 21.4 Å². The average Bonchev–Trinajstić information content (AvgIpc) is 2.87. The topological polar surface area (TPSA) is 83.8 Å². The third-order valence-corrected chi connectivity index (χ3v) is 3.35.